The summed E-state index contributed by atoms with van der Waals surface area (Å²) in [4.78, 5) is 54.4. The maximum Gasteiger partial charge on any atom is 0.338 e. The van der Waals surface area contributed by atoms with Gasteiger partial charge in [0.25, 0.3) is 16.9 Å². The SMILES string of the molecule is CCOC(=O)C1=C(C)n2c(s/c(=C\c3cccc([N+](=O)[O-])c3)c2=O)=N[C@H]1c1cc(OCC)c(OCc2ccccc2)cc1[N+](=O)[O-]. The number of hydrogen-bond donors (Lipinski definition) is 0. The van der Waals surface area contributed by atoms with Crippen LogP contribution >= 0.6 is 11.3 Å². The van der Waals surface area contributed by atoms with Crippen LogP contribution in [-0.4, -0.2) is 33.6 Å². The summed E-state index contributed by atoms with van der Waals surface area (Å²) in [6.45, 7) is 5.27. The van der Waals surface area contributed by atoms with Gasteiger partial charge >= 0.3 is 5.97 Å². The Labute approximate surface area is 265 Å². The van der Waals surface area contributed by atoms with Crippen LogP contribution in [0.15, 0.2) is 82.1 Å². The van der Waals surface area contributed by atoms with E-state index in [-0.39, 0.29) is 68.9 Å². The van der Waals surface area contributed by atoms with E-state index >= 15 is 0 Å². The smallest absolute Gasteiger partial charge is 0.338 e. The number of benzene rings is 3. The Hall–Kier alpha value is -5.63. The van der Waals surface area contributed by atoms with Gasteiger partial charge in [-0.15, -0.1) is 0 Å². The maximum absolute atomic E-state index is 13.6. The highest BCUT2D eigenvalue weighted by Gasteiger charge is 2.36. The highest BCUT2D eigenvalue weighted by molar-refractivity contribution is 7.07. The maximum atomic E-state index is 13.6. The van der Waals surface area contributed by atoms with Gasteiger partial charge in [0.2, 0.25) is 0 Å². The van der Waals surface area contributed by atoms with Crippen LogP contribution in [-0.2, 0) is 16.1 Å². The molecule has 14 heteroatoms. The molecule has 0 aliphatic carbocycles. The van der Waals surface area contributed by atoms with Crippen molar-refractivity contribution in [3.8, 4) is 11.5 Å². The molecule has 0 bridgehead atoms. The van der Waals surface area contributed by atoms with Crippen molar-refractivity contribution in [2.24, 2.45) is 4.99 Å². The number of non-ortho nitro benzene ring substituents is 1. The van der Waals surface area contributed by atoms with Crippen LogP contribution in [0, 0.1) is 20.2 Å². The highest BCUT2D eigenvalue weighted by Crippen LogP contribution is 2.43. The molecule has 1 atom stereocenters. The topological polar surface area (TPSA) is 165 Å². The predicted molar refractivity (Wildman–Crippen MR) is 169 cm³/mol. The highest BCUT2D eigenvalue weighted by atomic mass is 32.1. The third kappa shape index (κ3) is 6.42. The van der Waals surface area contributed by atoms with E-state index < -0.39 is 27.4 Å². The zero-order chi connectivity index (χ0) is 33.0. The fourth-order valence-corrected chi connectivity index (χ4v) is 6.02. The molecule has 1 aliphatic heterocycles. The van der Waals surface area contributed by atoms with Gasteiger partial charge in [-0.2, -0.15) is 0 Å². The summed E-state index contributed by atoms with van der Waals surface area (Å²) < 4.78 is 18.5. The minimum Gasteiger partial charge on any atom is -0.490 e. The van der Waals surface area contributed by atoms with Gasteiger partial charge in [-0.3, -0.25) is 29.6 Å². The minimum atomic E-state index is -1.23. The number of carbonyl (C=O) groups is 1. The molecule has 2 heterocycles. The zero-order valence-electron chi connectivity index (χ0n) is 25.0. The van der Waals surface area contributed by atoms with Crippen LogP contribution in [0.5, 0.6) is 11.5 Å². The lowest BCUT2D eigenvalue weighted by atomic mass is 9.94. The third-order valence-corrected chi connectivity index (χ3v) is 8.02. The third-order valence-electron chi connectivity index (χ3n) is 7.04. The summed E-state index contributed by atoms with van der Waals surface area (Å²) in [6, 6.07) is 16.5. The van der Waals surface area contributed by atoms with Crippen LogP contribution in [0.4, 0.5) is 11.4 Å². The Morgan fingerprint density at radius 1 is 0.978 bits per heavy atom. The number of nitrogens with zero attached hydrogens (tertiary/aromatic N) is 4. The van der Waals surface area contributed by atoms with E-state index in [4.69, 9.17) is 14.2 Å². The van der Waals surface area contributed by atoms with E-state index in [2.05, 4.69) is 4.99 Å². The Morgan fingerprint density at radius 3 is 2.39 bits per heavy atom. The van der Waals surface area contributed by atoms with E-state index in [1.165, 1.54) is 47.9 Å². The first-order chi connectivity index (χ1) is 22.1. The van der Waals surface area contributed by atoms with Crippen LogP contribution in [0.25, 0.3) is 11.8 Å². The van der Waals surface area contributed by atoms with Gasteiger partial charge in [0, 0.05) is 17.8 Å². The van der Waals surface area contributed by atoms with Gasteiger partial charge in [0.1, 0.15) is 12.6 Å². The second kappa shape index (κ2) is 13.6. The van der Waals surface area contributed by atoms with Crippen molar-refractivity contribution in [1.82, 2.24) is 4.57 Å². The van der Waals surface area contributed by atoms with Gasteiger partial charge in [-0.1, -0.05) is 53.8 Å². The summed E-state index contributed by atoms with van der Waals surface area (Å²) in [5.41, 5.74) is 0.402. The minimum absolute atomic E-state index is 0.0120. The summed E-state index contributed by atoms with van der Waals surface area (Å²) in [5.74, 6) is -0.445. The molecule has 13 nitrogen and oxygen atoms in total. The van der Waals surface area contributed by atoms with E-state index in [9.17, 15) is 29.8 Å². The Bertz CT molecular complexity index is 2050. The molecule has 3 aromatic carbocycles. The molecule has 0 amide bonds. The van der Waals surface area contributed by atoms with Crippen molar-refractivity contribution in [2.45, 2.75) is 33.4 Å². The van der Waals surface area contributed by atoms with Gasteiger partial charge < -0.3 is 14.2 Å². The Kier molecular flexibility index (Phi) is 9.37. The molecule has 0 radical (unpaired) electrons. The number of nitro benzene ring substituents is 2. The first-order valence-electron chi connectivity index (χ1n) is 14.2. The Balaban J connectivity index is 1.70. The molecule has 0 spiro atoms. The summed E-state index contributed by atoms with van der Waals surface area (Å²) >= 11 is 0.984. The normalized spacial score (nSPS) is 14.3. The van der Waals surface area contributed by atoms with E-state index in [1.807, 2.05) is 30.3 Å². The molecule has 5 rings (SSSR count). The number of ether oxygens (including phenoxy) is 3. The van der Waals surface area contributed by atoms with E-state index in [1.54, 1.807) is 19.9 Å². The van der Waals surface area contributed by atoms with Crippen LogP contribution in [0.3, 0.4) is 0 Å². The molecule has 46 heavy (non-hydrogen) atoms. The molecular weight excluding hydrogens is 616 g/mol. The number of esters is 1. The second-order valence-corrected chi connectivity index (χ2v) is 11.0. The molecule has 4 aromatic rings. The van der Waals surface area contributed by atoms with Crippen molar-refractivity contribution in [3.63, 3.8) is 0 Å². The van der Waals surface area contributed by atoms with Gasteiger partial charge in [-0.05, 0) is 44.0 Å². The number of carbonyl (C=O) groups excluding carboxylic acids is 1. The number of fused-ring (bicyclic) bond motifs is 1. The molecule has 1 aromatic heterocycles. The number of aromatic nitrogens is 1. The Morgan fingerprint density at radius 2 is 1.72 bits per heavy atom. The van der Waals surface area contributed by atoms with Crippen LogP contribution < -0.4 is 24.4 Å². The summed E-state index contributed by atoms with van der Waals surface area (Å²) in [6.07, 6.45) is 1.49. The lowest BCUT2D eigenvalue weighted by molar-refractivity contribution is -0.385. The number of rotatable bonds is 11. The largest absolute Gasteiger partial charge is 0.490 e. The van der Waals surface area contributed by atoms with Crippen molar-refractivity contribution in [2.75, 3.05) is 13.2 Å². The first kappa shape index (κ1) is 31.8. The lowest BCUT2D eigenvalue weighted by Crippen LogP contribution is -2.35. The van der Waals surface area contributed by atoms with E-state index in [0.717, 1.165) is 16.9 Å². The average molecular weight is 645 g/mol. The first-order valence-corrected chi connectivity index (χ1v) is 15.0. The molecule has 0 unspecified atom stereocenters. The standard InChI is InChI=1S/C32H28N4O9S/c1-4-43-25-16-23(24(36(41)42)17-26(25)45-18-20-10-7-6-8-11-20)29-28(31(38)44-5-2)19(3)34-30(37)27(46-32(34)33-29)15-21-12-9-13-22(14-21)35(39)40/h6-17,29H,4-5,18H2,1-3H3/b27-15-/t29-/m0/s1. The lowest BCUT2D eigenvalue weighted by Gasteiger charge is -2.23. The number of allylic oxidation sites excluding steroid dienone is 1. The zero-order valence-corrected chi connectivity index (χ0v) is 25.8. The quantitative estimate of drug-likeness (QED) is 0.128. The van der Waals surface area contributed by atoms with Gasteiger partial charge in [0.05, 0.1) is 44.8 Å². The molecule has 0 fully saturated rings. The average Bonchev–Trinajstić information content (AvgIpc) is 3.35. The molecular formula is C32H28N4O9S. The summed E-state index contributed by atoms with van der Waals surface area (Å²) in [7, 11) is 0. The van der Waals surface area contributed by atoms with E-state index in [0.29, 0.717) is 5.56 Å². The van der Waals surface area contributed by atoms with Crippen LogP contribution in [0.1, 0.15) is 43.5 Å². The fourth-order valence-electron chi connectivity index (χ4n) is 4.98. The monoisotopic (exact) mass is 644 g/mol. The van der Waals surface area contributed by atoms with Crippen molar-refractivity contribution in [1.29, 1.82) is 0 Å². The van der Waals surface area contributed by atoms with Gasteiger partial charge in [0.15, 0.2) is 16.3 Å². The molecule has 0 saturated carbocycles. The molecule has 0 N–H and O–H groups in total. The predicted octanol–water partition coefficient (Wildman–Crippen LogP) is 4.70. The van der Waals surface area contributed by atoms with Gasteiger partial charge in [-0.25, -0.2) is 9.79 Å². The number of nitro groups is 2. The van der Waals surface area contributed by atoms with Crippen LogP contribution in [0.2, 0.25) is 0 Å². The second-order valence-electron chi connectivity index (χ2n) is 9.96. The van der Waals surface area contributed by atoms with Crippen molar-refractivity contribution >= 4 is 40.5 Å². The fraction of sp³-hybridized carbons (Fsp3) is 0.219. The van der Waals surface area contributed by atoms with Crippen molar-refractivity contribution in [3.05, 3.63) is 129 Å². The number of thiazole rings is 1. The van der Waals surface area contributed by atoms with Crippen molar-refractivity contribution < 1.29 is 28.9 Å². The molecule has 0 saturated heterocycles. The molecule has 236 valence electrons. The summed E-state index contributed by atoms with van der Waals surface area (Å²) in [5, 5.41) is 23.7. The molecule has 1 aliphatic rings. The number of hydrogen-bond acceptors (Lipinski definition) is 11.